The fourth-order valence-electron chi connectivity index (χ4n) is 2.14. The lowest BCUT2D eigenvalue weighted by Crippen LogP contribution is -2.16. The molecule has 0 amide bonds. The van der Waals surface area contributed by atoms with Crippen LogP contribution in [0.2, 0.25) is 0 Å². The number of aryl methyl sites for hydroxylation is 1. The van der Waals surface area contributed by atoms with Crippen LogP contribution in [-0.4, -0.2) is 16.4 Å². The topological polar surface area (TPSA) is 60.1 Å². The lowest BCUT2D eigenvalue weighted by Gasteiger charge is -2.03. The molecule has 3 rings (SSSR count). The first-order chi connectivity index (χ1) is 8.72. The van der Waals surface area contributed by atoms with Gasteiger partial charge >= 0.3 is 5.63 Å². The molecule has 1 N–H and O–H groups in total. The zero-order valence-corrected chi connectivity index (χ0v) is 10.2. The van der Waals surface area contributed by atoms with Crippen molar-refractivity contribution in [2.45, 2.75) is 13.8 Å². The molecule has 0 radical (unpaired) electrons. The van der Waals surface area contributed by atoms with E-state index >= 15 is 0 Å². The maximum absolute atomic E-state index is 12.0. The summed E-state index contributed by atoms with van der Waals surface area (Å²) >= 11 is 0. The summed E-state index contributed by atoms with van der Waals surface area (Å²) in [5.41, 5.74) is 4.76. The van der Waals surface area contributed by atoms with Crippen molar-refractivity contribution in [2.24, 2.45) is 0 Å². The van der Waals surface area contributed by atoms with Crippen LogP contribution in [-0.2, 0) is 0 Å². The normalized spacial score (nSPS) is 11.2. The maximum Gasteiger partial charge on any atom is 0.347 e. The van der Waals surface area contributed by atoms with E-state index in [4.69, 9.17) is 4.42 Å². The fourth-order valence-corrected chi connectivity index (χ4v) is 2.14. The summed E-state index contributed by atoms with van der Waals surface area (Å²) in [6.07, 6.45) is 0. The molecule has 92 valence electrons. The molecule has 0 fully saturated rings. The second kappa shape index (κ2) is 3.87. The van der Waals surface area contributed by atoms with E-state index in [2.05, 4.69) is 10.5 Å². The Hall–Kier alpha value is -2.30. The summed E-state index contributed by atoms with van der Waals surface area (Å²) in [4.78, 5) is 13.6. The van der Waals surface area contributed by atoms with Gasteiger partial charge in [0, 0.05) is 11.9 Å². The van der Waals surface area contributed by atoms with E-state index in [9.17, 15) is 4.79 Å². The highest BCUT2D eigenvalue weighted by atomic mass is 16.4. The average Bonchev–Trinajstić information content (AvgIpc) is 2.69. The molecule has 5 heteroatoms. The number of hydrogen-bond donors (Lipinski definition) is 1. The van der Waals surface area contributed by atoms with Crippen LogP contribution < -0.4 is 11.1 Å². The predicted molar refractivity (Wildman–Crippen MR) is 70.4 cm³/mol. The Morgan fingerprint density at radius 3 is 2.94 bits per heavy atom. The summed E-state index contributed by atoms with van der Waals surface area (Å²) in [6.45, 7) is 4.56. The van der Waals surface area contributed by atoms with Crippen molar-refractivity contribution in [2.75, 3.05) is 12.0 Å². The third kappa shape index (κ3) is 1.40. The van der Waals surface area contributed by atoms with E-state index < -0.39 is 0 Å². The van der Waals surface area contributed by atoms with E-state index in [1.807, 2.05) is 32.0 Å². The van der Waals surface area contributed by atoms with Gasteiger partial charge in [0.1, 0.15) is 16.5 Å². The van der Waals surface area contributed by atoms with Crippen molar-refractivity contribution in [3.05, 3.63) is 40.4 Å². The minimum atomic E-state index is -0.342. The van der Waals surface area contributed by atoms with Gasteiger partial charge in [0.25, 0.3) is 0 Å². The highest BCUT2D eigenvalue weighted by Gasteiger charge is 2.15. The number of hydrogen-bond acceptors (Lipinski definition) is 4. The predicted octanol–water partition coefficient (Wildman–Crippen LogP) is 2.01. The Morgan fingerprint density at radius 2 is 2.17 bits per heavy atom. The van der Waals surface area contributed by atoms with Gasteiger partial charge in [-0.25, -0.2) is 4.79 Å². The largest absolute Gasteiger partial charge is 0.422 e. The molecule has 0 aliphatic heterocycles. The van der Waals surface area contributed by atoms with Gasteiger partial charge in [-0.05, 0) is 26.0 Å². The minimum Gasteiger partial charge on any atom is -0.422 e. The summed E-state index contributed by atoms with van der Waals surface area (Å²) in [6, 6.07) is 7.43. The molecule has 2 heterocycles. The fraction of sp³-hybridized carbons (Fsp3) is 0.231. The summed E-state index contributed by atoms with van der Waals surface area (Å²) in [5, 5.41) is 5.83. The Kier molecular flexibility index (Phi) is 2.33. The standard InChI is InChI=1S/C13H13N3O2/c1-3-14-16-8(2)11-12(15-16)9-6-4-5-7-10(9)18-13(11)17/h4-7,14H,3H2,1-2H3. The molecule has 0 bridgehead atoms. The van der Waals surface area contributed by atoms with Crippen LogP contribution in [0.25, 0.3) is 21.9 Å². The number of nitrogens with zero attached hydrogens (tertiary/aromatic N) is 2. The van der Waals surface area contributed by atoms with E-state index in [0.717, 1.165) is 17.6 Å². The molecule has 0 saturated heterocycles. The molecule has 5 nitrogen and oxygen atoms in total. The van der Waals surface area contributed by atoms with Crippen LogP contribution in [0.4, 0.5) is 0 Å². The number of nitrogens with one attached hydrogen (secondary N) is 1. The Balaban J connectivity index is 2.49. The van der Waals surface area contributed by atoms with Crippen molar-refractivity contribution >= 4 is 21.9 Å². The van der Waals surface area contributed by atoms with Crippen molar-refractivity contribution in [1.82, 2.24) is 9.89 Å². The van der Waals surface area contributed by atoms with Crippen LogP contribution >= 0.6 is 0 Å². The monoisotopic (exact) mass is 243 g/mol. The molecule has 0 aliphatic rings. The van der Waals surface area contributed by atoms with Gasteiger partial charge in [-0.2, -0.15) is 9.89 Å². The number of para-hydroxylation sites is 1. The second-order valence-corrected chi connectivity index (χ2v) is 4.12. The van der Waals surface area contributed by atoms with Gasteiger partial charge in [0.2, 0.25) is 0 Å². The lowest BCUT2D eigenvalue weighted by atomic mass is 10.2. The summed E-state index contributed by atoms with van der Waals surface area (Å²) in [7, 11) is 0. The van der Waals surface area contributed by atoms with Crippen molar-refractivity contribution in [3.63, 3.8) is 0 Å². The van der Waals surface area contributed by atoms with Crippen LogP contribution in [0.5, 0.6) is 0 Å². The zero-order chi connectivity index (χ0) is 12.7. The van der Waals surface area contributed by atoms with Crippen LogP contribution in [0.3, 0.4) is 0 Å². The first-order valence-corrected chi connectivity index (χ1v) is 5.87. The SMILES string of the molecule is CCNn1nc2c(c1C)c(=O)oc1ccccc12. The Morgan fingerprint density at radius 1 is 1.39 bits per heavy atom. The van der Waals surface area contributed by atoms with E-state index in [1.54, 1.807) is 10.9 Å². The second-order valence-electron chi connectivity index (χ2n) is 4.12. The lowest BCUT2D eigenvalue weighted by molar-refractivity contribution is 0.569. The van der Waals surface area contributed by atoms with E-state index in [0.29, 0.717) is 16.5 Å². The molecule has 0 saturated carbocycles. The van der Waals surface area contributed by atoms with Crippen LogP contribution in [0.15, 0.2) is 33.5 Å². The first kappa shape index (κ1) is 10.8. The summed E-state index contributed by atoms with van der Waals surface area (Å²) < 4.78 is 5.31. The van der Waals surface area contributed by atoms with Crippen molar-refractivity contribution < 1.29 is 4.42 Å². The molecule has 0 atom stereocenters. The number of rotatable bonds is 2. The average molecular weight is 243 g/mol. The smallest absolute Gasteiger partial charge is 0.347 e. The summed E-state index contributed by atoms with van der Waals surface area (Å²) in [5.74, 6) is 0. The Labute approximate surface area is 103 Å². The molecule has 0 unspecified atom stereocenters. The van der Waals surface area contributed by atoms with Gasteiger partial charge in [-0.15, -0.1) is 0 Å². The van der Waals surface area contributed by atoms with Gasteiger partial charge in [0.05, 0.1) is 5.69 Å². The third-order valence-corrected chi connectivity index (χ3v) is 2.97. The molecular weight excluding hydrogens is 230 g/mol. The molecule has 18 heavy (non-hydrogen) atoms. The van der Waals surface area contributed by atoms with Crippen molar-refractivity contribution in [1.29, 1.82) is 0 Å². The highest BCUT2D eigenvalue weighted by Crippen LogP contribution is 2.22. The zero-order valence-electron chi connectivity index (χ0n) is 10.2. The van der Waals surface area contributed by atoms with Crippen LogP contribution in [0.1, 0.15) is 12.6 Å². The number of benzene rings is 1. The quantitative estimate of drug-likeness (QED) is 0.699. The van der Waals surface area contributed by atoms with E-state index in [-0.39, 0.29) is 5.63 Å². The van der Waals surface area contributed by atoms with Gasteiger partial charge in [-0.3, -0.25) is 0 Å². The number of fused-ring (bicyclic) bond motifs is 3. The molecule has 2 aromatic heterocycles. The molecule has 3 aromatic rings. The molecule has 1 aromatic carbocycles. The van der Waals surface area contributed by atoms with Gasteiger partial charge < -0.3 is 9.84 Å². The molecule has 0 aliphatic carbocycles. The van der Waals surface area contributed by atoms with Crippen LogP contribution in [0, 0.1) is 6.92 Å². The first-order valence-electron chi connectivity index (χ1n) is 5.87. The van der Waals surface area contributed by atoms with Crippen molar-refractivity contribution in [3.8, 4) is 0 Å². The van der Waals surface area contributed by atoms with Gasteiger partial charge in [0.15, 0.2) is 0 Å². The van der Waals surface area contributed by atoms with E-state index in [1.165, 1.54) is 0 Å². The maximum atomic E-state index is 12.0. The minimum absolute atomic E-state index is 0.342. The number of aromatic nitrogens is 2. The molecule has 0 spiro atoms. The molecular formula is C13H13N3O2. The highest BCUT2D eigenvalue weighted by molar-refractivity contribution is 6.02. The Bertz CT molecular complexity index is 786. The third-order valence-electron chi connectivity index (χ3n) is 2.97. The van der Waals surface area contributed by atoms with Gasteiger partial charge in [-0.1, -0.05) is 12.1 Å².